The van der Waals surface area contributed by atoms with E-state index in [4.69, 9.17) is 4.74 Å². The molecule has 1 aliphatic heterocycles. The highest BCUT2D eigenvalue weighted by Crippen LogP contribution is 2.23. The van der Waals surface area contributed by atoms with Crippen molar-refractivity contribution >= 4 is 29.0 Å². The fourth-order valence-electron chi connectivity index (χ4n) is 3.92. The summed E-state index contributed by atoms with van der Waals surface area (Å²) in [4.78, 5) is 23.9. The van der Waals surface area contributed by atoms with E-state index in [-0.39, 0.29) is 5.91 Å². The van der Waals surface area contributed by atoms with Crippen LogP contribution in [0.5, 0.6) is 5.75 Å². The first-order valence-electron chi connectivity index (χ1n) is 10.9. The number of aryl methyl sites for hydroxylation is 2. The number of aromatic nitrogens is 2. The number of rotatable bonds is 7. The van der Waals surface area contributed by atoms with Gasteiger partial charge in [0.1, 0.15) is 11.6 Å². The first-order valence-corrected chi connectivity index (χ1v) is 10.9. The van der Waals surface area contributed by atoms with Crippen molar-refractivity contribution in [2.75, 3.05) is 35.7 Å². The topological polar surface area (TPSA) is 79.4 Å². The molecule has 4 rings (SSSR count). The van der Waals surface area contributed by atoms with Gasteiger partial charge in [0.05, 0.1) is 13.5 Å². The van der Waals surface area contributed by atoms with Crippen molar-refractivity contribution in [2.24, 2.45) is 0 Å². The van der Waals surface area contributed by atoms with Gasteiger partial charge in [-0.25, -0.2) is 4.98 Å². The quantitative estimate of drug-likeness (QED) is 0.568. The number of carbonyl (C=O) groups is 1. The fourth-order valence-corrected chi connectivity index (χ4v) is 3.92. The predicted octanol–water partition coefficient (Wildman–Crippen LogP) is 4.63. The molecule has 0 aliphatic carbocycles. The van der Waals surface area contributed by atoms with Gasteiger partial charge in [-0.15, -0.1) is 0 Å². The molecule has 0 atom stereocenters. The molecule has 3 aromatic rings. The van der Waals surface area contributed by atoms with Crippen LogP contribution in [0.1, 0.15) is 29.7 Å². The van der Waals surface area contributed by atoms with Crippen molar-refractivity contribution < 1.29 is 9.53 Å². The average Bonchev–Trinajstić information content (AvgIpc) is 3.30. The van der Waals surface area contributed by atoms with E-state index < -0.39 is 0 Å². The van der Waals surface area contributed by atoms with E-state index in [1.165, 1.54) is 12.8 Å². The molecule has 7 heteroatoms. The lowest BCUT2D eigenvalue weighted by atomic mass is 10.1. The summed E-state index contributed by atoms with van der Waals surface area (Å²) < 4.78 is 5.28. The molecule has 32 heavy (non-hydrogen) atoms. The number of hydrogen-bond donors (Lipinski definition) is 2. The Hall–Kier alpha value is -3.61. The Kier molecular flexibility index (Phi) is 6.54. The van der Waals surface area contributed by atoms with Gasteiger partial charge in [-0.05, 0) is 68.1 Å². The first-order chi connectivity index (χ1) is 15.5. The number of hydrogen-bond acceptors (Lipinski definition) is 6. The Morgan fingerprint density at radius 2 is 1.72 bits per heavy atom. The summed E-state index contributed by atoms with van der Waals surface area (Å²) in [5.74, 6) is 2.31. The molecule has 0 spiro atoms. The van der Waals surface area contributed by atoms with Crippen LogP contribution in [-0.2, 0) is 11.2 Å². The van der Waals surface area contributed by atoms with Crippen LogP contribution in [0.25, 0.3) is 0 Å². The van der Waals surface area contributed by atoms with Gasteiger partial charge in [-0.1, -0.05) is 12.1 Å². The van der Waals surface area contributed by atoms with Gasteiger partial charge in [-0.3, -0.25) is 4.79 Å². The molecule has 1 aromatic heterocycles. The fraction of sp³-hybridized carbons (Fsp3) is 0.320. The Morgan fingerprint density at radius 1 is 1.00 bits per heavy atom. The molecule has 2 aromatic carbocycles. The summed E-state index contributed by atoms with van der Waals surface area (Å²) in [7, 11) is 1.64. The largest absolute Gasteiger partial charge is 0.496 e. The van der Waals surface area contributed by atoms with Crippen LogP contribution in [0.4, 0.5) is 23.1 Å². The average molecular weight is 432 g/mol. The van der Waals surface area contributed by atoms with E-state index in [1.807, 2.05) is 62.4 Å². The van der Waals surface area contributed by atoms with Crippen molar-refractivity contribution in [1.29, 1.82) is 0 Å². The molecule has 0 saturated carbocycles. The van der Waals surface area contributed by atoms with E-state index in [9.17, 15) is 4.79 Å². The number of nitrogens with zero attached hydrogens (tertiary/aromatic N) is 3. The summed E-state index contributed by atoms with van der Waals surface area (Å²) in [5.41, 5.74) is 4.51. The molecular formula is C25H29N5O2. The highest BCUT2D eigenvalue weighted by atomic mass is 16.5. The Bertz CT molecular complexity index is 1090. The molecule has 0 bridgehead atoms. The molecule has 1 saturated heterocycles. The molecule has 1 fully saturated rings. The standard InChI is InChI=1S/C25H29N5O2/c1-17-14-19(6-11-22(17)32-3)16-24(31)27-20-7-9-21(10-8-20)28-25-26-18(2)15-23(29-25)30-12-4-5-13-30/h6-11,14-15H,4-5,12-13,16H2,1-3H3,(H,27,31)(H,26,28,29). The van der Waals surface area contributed by atoms with Crippen LogP contribution in [0.15, 0.2) is 48.5 Å². The van der Waals surface area contributed by atoms with Crippen molar-refractivity contribution in [1.82, 2.24) is 9.97 Å². The van der Waals surface area contributed by atoms with Crippen molar-refractivity contribution in [3.63, 3.8) is 0 Å². The number of anilines is 4. The van der Waals surface area contributed by atoms with Crippen LogP contribution in [-0.4, -0.2) is 36.1 Å². The molecule has 2 N–H and O–H groups in total. The van der Waals surface area contributed by atoms with Crippen LogP contribution < -0.4 is 20.3 Å². The third kappa shape index (κ3) is 5.35. The van der Waals surface area contributed by atoms with Crippen LogP contribution in [0, 0.1) is 13.8 Å². The highest BCUT2D eigenvalue weighted by molar-refractivity contribution is 5.92. The van der Waals surface area contributed by atoms with E-state index in [1.54, 1.807) is 7.11 Å². The monoisotopic (exact) mass is 431 g/mol. The normalized spacial score (nSPS) is 13.2. The zero-order valence-corrected chi connectivity index (χ0v) is 18.8. The molecular weight excluding hydrogens is 402 g/mol. The molecule has 0 radical (unpaired) electrons. The van der Waals surface area contributed by atoms with Gasteiger partial charge in [0, 0.05) is 36.2 Å². The maximum Gasteiger partial charge on any atom is 0.229 e. The van der Waals surface area contributed by atoms with Crippen LogP contribution in [0.2, 0.25) is 0 Å². The number of amides is 1. The SMILES string of the molecule is COc1ccc(CC(=O)Nc2ccc(Nc3nc(C)cc(N4CCCC4)n3)cc2)cc1C. The summed E-state index contributed by atoms with van der Waals surface area (Å²) in [6, 6.07) is 15.4. The van der Waals surface area contributed by atoms with Crippen LogP contribution in [0.3, 0.4) is 0 Å². The Morgan fingerprint density at radius 3 is 2.41 bits per heavy atom. The minimum absolute atomic E-state index is 0.0625. The number of nitrogens with one attached hydrogen (secondary N) is 2. The summed E-state index contributed by atoms with van der Waals surface area (Å²) in [6.07, 6.45) is 2.72. The summed E-state index contributed by atoms with van der Waals surface area (Å²) in [5, 5.41) is 6.22. The zero-order valence-electron chi connectivity index (χ0n) is 18.8. The summed E-state index contributed by atoms with van der Waals surface area (Å²) in [6.45, 7) is 6.04. The molecule has 7 nitrogen and oxygen atoms in total. The van der Waals surface area contributed by atoms with Gasteiger partial charge < -0.3 is 20.3 Å². The summed E-state index contributed by atoms with van der Waals surface area (Å²) >= 11 is 0. The van der Waals surface area contributed by atoms with Gasteiger partial charge in [-0.2, -0.15) is 4.98 Å². The van der Waals surface area contributed by atoms with E-state index >= 15 is 0 Å². The van der Waals surface area contributed by atoms with Crippen molar-refractivity contribution in [3.05, 3.63) is 65.4 Å². The van der Waals surface area contributed by atoms with Gasteiger partial charge in [0.25, 0.3) is 0 Å². The maximum atomic E-state index is 12.4. The van der Waals surface area contributed by atoms with Crippen molar-refractivity contribution in [3.8, 4) is 5.75 Å². The Labute approximate surface area is 188 Å². The van der Waals surface area contributed by atoms with E-state index in [0.29, 0.717) is 12.4 Å². The molecule has 0 unspecified atom stereocenters. The van der Waals surface area contributed by atoms with E-state index in [2.05, 4.69) is 25.5 Å². The number of carbonyl (C=O) groups excluding carboxylic acids is 1. The van der Waals surface area contributed by atoms with Crippen molar-refractivity contribution in [2.45, 2.75) is 33.1 Å². The Balaban J connectivity index is 1.37. The second-order valence-electron chi connectivity index (χ2n) is 8.12. The smallest absolute Gasteiger partial charge is 0.229 e. The lowest BCUT2D eigenvalue weighted by Gasteiger charge is -2.17. The van der Waals surface area contributed by atoms with Crippen LogP contribution >= 0.6 is 0 Å². The third-order valence-corrected chi connectivity index (χ3v) is 5.52. The number of methoxy groups -OCH3 is 1. The van der Waals surface area contributed by atoms with E-state index in [0.717, 1.165) is 52.9 Å². The highest BCUT2D eigenvalue weighted by Gasteiger charge is 2.15. The predicted molar refractivity (Wildman–Crippen MR) is 128 cm³/mol. The first kappa shape index (κ1) is 21.6. The second kappa shape index (κ2) is 9.68. The maximum absolute atomic E-state index is 12.4. The van der Waals surface area contributed by atoms with Gasteiger partial charge in [0.2, 0.25) is 11.9 Å². The van der Waals surface area contributed by atoms with Gasteiger partial charge >= 0.3 is 0 Å². The molecule has 1 amide bonds. The van der Waals surface area contributed by atoms with Gasteiger partial charge in [0.15, 0.2) is 0 Å². The molecule has 166 valence electrons. The molecule has 2 heterocycles. The second-order valence-corrected chi connectivity index (χ2v) is 8.12. The minimum atomic E-state index is -0.0625. The molecule has 1 aliphatic rings. The lowest BCUT2D eigenvalue weighted by Crippen LogP contribution is -2.19. The lowest BCUT2D eigenvalue weighted by molar-refractivity contribution is -0.115. The third-order valence-electron chi connectivity index (χ3n) is 5.52. The number of ether oxygens (including phenoxy) is 1. The minimum Gasteiger partial charge on any atom is -0.496 e. The zero-order chi connectivity index (χ0) is 22.5. The number of benzene rings is 2.